The van der Waals surface area contributed by atoms with E-state index < -0.39 is 0 Å². The number of H-pyrrole nitrogens is 1. The van der Waals surface area contributed by atoms with Crippen molar-refractivity contribution in [3.8, 4) is 0 Å². The Morgan fingerprint density at radius 3 is 2.70 bits per heavy atom. The van der Waals surface area contributed by atoms with Crippen molar-refractivity contribution in [3.63, 3.8) is 0 Å². The summed E-state index contributed by atoms with van der Waals surface area (Å²) in [6.45, 7) is 9.34. The van der Waals surface area contributed by atoms with Crippen molar-refractivity contribution in [1.29, 1.82) is 0 Å². The van der Waals surface area contributed by atoms with Crippen molar-refractivity contribution in [2.75, 3.05) is 26.2 Å². The lowest BCUT2D eigenvalue weighted by molar-refractivity contribution is 0.0960. The first-order valence-electron chi connectivity index (χ1n) is 7.67. The van der Waals surface area contributed by atoms with Gasteiger partial charge >= 0.3 is 0 Å². The number of hydrogen-bond donors (Lipinski definition) is 2. The molecule has 0 radical (unpaired) electrons. The van der Waals surface area contributed by atoms with Gasteiger partial charge in [0.25, 0.3) is 0 Å². The largest absolute Gasteiger partial charge is 0.361 e. The van der Waals surface area contributed by atoms with Crippen molar-refractivity contribution < 1.29 is 0 Å². The van der Waals surface area contributed by atoms with Gasteiger partial charge in [-0.25, -0.2) is 0 Å². The molecule has 1 aliphatic rings. The molecule has 1 aromatic carbocycles. The topological polar surface area (TPSA) is 31.1 Å². The number of para-hydroxylation sites is 1. The molecule has 2 N–H and O–H groups in total. The minimum absolute atomic E-state index is 0.278. The molecule has 0 spiro atoms. The van der Waals surface area contributed by atoms with Gasteiger partial charge in [0.05, 0.1) is 0 Å². The number of nitrogens with one attached hydrogen (secondary N) is 2. The Morgan fingerprint density at radius 1 is 1.15 bits per heavy atom. The summed E-state index contributed by atoms with van der Waals surface area (Å²) < 4.78 is 0. The van der Waals surface area contributed by atoms with E-state index in [0.717, 1.165) is 19.5 Å². The molecule has 0 bridgehead atoms. The zero-order valence-electron chi connectivity index (χ0n) is 12.6. The zero-order chi connectivity index (χ0) is 14.0. The lowest BCUT2D eigenvalue weighted by Crippen LogP contribution is -2.53. The molecular formula is C17H25N3. The summed E-state index contributed by atoms with van der Waals surface area (Å²) in [5.41, 5.74) is 2.98. The van der Waals surface area contributed by atoms with Crippen LogP contribution < -0.4 is 5.32 Å². The maximum absolute atomic E-state index is 3.43. The predicted molar refractivity (Wildman–Crippen MR) is 85.1 cm³/mol. The quantitative estimate of drug-likeness (QED) is 0.896. The fraction of sp³-hybridized carbons (Fsp3) is 0.529. The molecular weight excluding hydrogens is 246 g/mol. The third-order valence-corrected chi connectivity index (χ3v) is 4.65. The number of rotatable bonds is 4. The van der Waals surface area contributed by atoms with Gasteiger partial charge in [-0.15, -0.1) is 0 Å². The van der Waals surface area contributed by atoms with E-state index >= 15 is 0 Å². The van der Waals surface area contributed by atoms with Crippen molar-refractivity contribution in [1.82, 2.24) is 15.2 Å². The maximum Gasteiger partial charge on any atom is 0.0456 e. The SMILES string of the molecule is CC(C)(CCc1c[nH]c2ccccc12)N1CCNCC1. The van der Waals surface area contributed by atoms with Crippen molar-refractivity contribution in [2.24, 2.45) is 0 Å². The van der Waals surface area contributed by atoms with E-state index in [2.05, 4.69) is 59.5 Å². The zero-order valence-corrected chi connectivity index (χ0v) is 12.6. The maximum atomic E-state index is 3.43. The summed E-state index contributed by atoms with van der Waals surface area (Å²) in [6, 6.07) is 8.59. The van der Waals surface area contributed by atoms with Gasteiger partial charge < -0.3 is 10.3 Å². The Labute approximate surface area is 121 Å². The number of hydrogen-bond acceptors (Lipinski definition) is 2. The molecule has 108 valence electrons. The number of piperazine rings is 1. The summed E-state index contributed by atoms with van der Waals surface area (Å²) in [6.07, 6.45) is 4.52. The molecule has 0 amide bonds. The second kappa shape index (κ2) is 5.58. The second-order valence-corrected chi connectivity index (χ2v) is 6.41. The second-order valence-electron chi connectivity index (χ2n) is 6.41. The van der Waals surface area contributed by atoms with Gasteiger partial charge in [0.15, 0.2) is 0 Å². The van der Waals surface area contributed by atoms with Gasteiger partial charge in [0.2, 0.25) is 0 Å². The third-order valence-electron chi connectivity index (χ3n) is 4.65. The van der Waals surface area contributed by atoms with Gasteiger partial charge in [-0.3, -0.25) is 4.90 Å². The van der Waals surface area contributed by atoms with Crippen LogP contribution in [0.4, 0.5) is 0 Å². The minimum Gasteiger partial charge on any atom is -0.361 e. The van der Waals surface area contributed by atoms with Crippen molar-refractivity contribution in [2.45, 2.75) is 32.2 Å². The highest BCUT2D eigenvalue weighted by Crippen LogP contribution is 2.25. The predicted octanol–water partition coefficient (Wildman–Crippen LogP) is 2.78. The Hall–Kier alpha value is -1.32. The Kier molecular flexibility index (Phi) is 3.81. The van der Waals surface area contributed by atoms with Crippen LogP contribution >= 0.6 is 0 Å². The highest BCUT2D eigenvalue weighted by Gasteiger charge is 2.27. The molecule has 20 heavy (non-hydrogen) atoms. The van der Waals surface area contributed by atoms with Crippen LogP contribution in [-0.2, 0) is 6.42 Å². The van der Waals surface area contributed by atoms with E-state index in [1.807, 2.05) is 0 Å². The van der Waals surface area contributed by atoms with Crippen LogP contribution in [0.5, 0.6) is 0 Å². The fourth-order valence-electron chi connectivity index (χ4n) is 3.21. The normalized spacial score (nSPS) is 17.7. The lowest BCUT2D eigenvalue weighted by Gasteiger charge is -2.41. The number of fused-ring (bicyclic) bond motifs is 1. The smallest absolute Gasteiger partial charge is 0.0456 e. The summed E-state index contributed by atoms with van der Waals surface area (Å²) in [5, 5.41) is 4.81. The minimum atomic E-state index is 0.278. The summed E-state index contributed by atoms with van der Waals surface area (Å²) in [4.78, 5) is 6.00. The van der Waals surface area contributed by atoms with Crippen molar-refractivity contribution in [3.05, 3.63) is 36.0 Å². The first-order chi connectivity index (χ1) is 9.67. The highest BCUT2D eigenvalue weighted by atomic mass is 15.2. The molecule has 1 saturated heterocycles. The highest BCUT2D eigenvalue weighted by molar-refractivity contribution is 5.83. The molecule has 0 saturated carbocycles. The van der Waals surface area contributed by atoms with Gasteiger partial charge in [-0.05, 0) is 38.3 Å². The van der Waals surface area contributed by atoms with Gasteiger partial charge in [0.1, 0.15) is 0 Å². The average molecular weight is 271 g/mol. The van der Waals surface area contributed by atoms with E-state index in [4.69, 9.17) is 0 Å². The molecule has 0 unspecified atom stereocenters. The number of nitrogens with zero attached hydrogens (tertiary/aromatic N) is 1. The molecule has 0 atom stereocenters. The third kappa shape index (κ3) is 2.74. The molecule has 3 heteroatoms. The van der Waals surface area contributed by atoms with E-state index in [9.17, 15) is 0 Å². The molecule has 3 rings (SSSR count). The van der Waals surface area contributed by atoms with Crippen LogP contribution in [0.2, 0.25) is 0 Å². The molecule has 2 heterocycles. The van der Waals surface area contributed by atoms with Crippen molar-refractivity contribution >= 4 is 10.9 Å². The number of aromatic amines is 1. The van der Waals surface area contributed by atoms with Crippen LogP contribution in [-0.4, -0.2) is 41.6 Å². The van der Waals surface area contributed by atoms with E-state index in [1.165, 1.54) is 36.0 Å². The number of aromatic nitrogens is 1. The molecule has 1 aromatic heterocycles. The molecule has 0 aliphatic carbocycles. The molecule has 1 aliphatic heterocycles. The Bertz CT molecular complexity index is 564. The first-order valence-corrected chi connectivity index (χ1v) is 7.67. The Balaban J connectivity index is 1.69. The van der Waals surface area contributed by atoms with Crippen LogP contribution in [0.15, 0.2) is 30.5 Å². The summed E-state index contributed by atoms with van der Waals surface area (Å²) >= 11 is 0. The van der Waals surface area contributed by atoms with Crippen LogP contribution in [0.3, 0.4) is 0 Å². The number of benzene rings is 1. The standard InChI is InChI=1S/C17H25N3/c1-17(2,20-11-9-18-10-12-20)8-7-14-13-19-16-6-4-3-5-15(14)16/h3-6,13,18-19H,7-12H2,1-2H3. The fourth-order valence-corrected chi connectivity index (χ4v) is 3.21. The van der Waals surface area contributed by atoms with Gasteiger partial charge in [-0.2, -0.15) is 0 Å². The van der Waals surface area contributed by atoms with Crippen LogP contribution in [0, 0.1) is 0 Å². The lowest BCUT2D eigenvalue weighted by atomic mass is 9.92. The number of aryl methyl sites for hydroxylation is 1. The van der Waals surface area contributed by atoms with E-state index in [-0.39, 0.29) is 5.54 Å². The molecule has 3 nitrogen and oxygen atoms in total. The van der Waals surface area contributed by atoms with Gasteiger partial charge in [0, 0.05) is 48.8 Å². The van der Waals surface area contributed by atoms with Gasteiger partial charge in [-0.1, -0.05) is 18.2 Å². The average Bonchev–Trinajstić information content (AvgIpc) is 2.89. The van der Waals surface area contributed by atoms with E-state index in [0.29, 0.717) is 0 Å². The van der Waals surface area contributed by atoms with Crippen LogP contribution in [0.1, 0.15) is 25.8 Å². The van der Waals surface area contributed by atoms with Crippen LogP contribution in [0.25, 0.3) is 10.9 Å². The first kappa shape index (κ1) is 13.7. The molecule has 2 aromatic rings. The summed E-state index contributed by atoms with van der Waals surface area (Å²) in [5.74, 6) is 0. The Morgan fingerprint density at radius 2 is 1.90 bits per heavy atom. The monoisotopic (exact) mass is 271 g/mol. The molecule has 1 fully saturated rings. The summed E-state index contributed by atoms with van der Waals surface area (Å²) in [7, 11) is 0. The van der Waals surface area contributed by atoms with E-state index in [1.54, 1.807) is 0 Å².